The van der Waals surface area contributed by atoms with Gasteiger partial charge in [0.05, 0.1) is 10.6 Å². The van der Waals surface area contributed by atoms with Crippen molar-refractivity contribution in [3.05, 3.63) is 46.0 Å². The molecular formula is C13H14N2O6. The smallest absolute Gasteiger partial charge is 0.412 e. The molecule has 0 aromatic heterocycles. The van der Waals surface area contributed by atoms with Crippen molar-refractivity contribution in [3.63, 3.8) is 0 Å². The molecule has 0 spiro atoms. The maximum absolute atomic E-state index is 11.6. The summed E-state index contributed by atoms with van der Waals surface area (Å²) < 4.78 is 4.69. The molecule has 1 amide bonds. The molecule has 0 saturated carbocycles. The predicted octanol–water partition coefficient (Wildman–Crippen LogP) is 2.48. The topological polar surface area (TPSA) is 119 Å². The monoisotopic (exact) mass is 294 g/mol. The van der Waals surface area contributed by atoms with Crippen molar-refractivity contribution in [1.82, 2.24) is 0 Å². The third-order valence-electron chi connectivity index (χ3n) is 2.55. The van der Waals surface area contributed by atoms with Crippen molar-refractivity contribution in [2.24, 2.45) is 0 Å². The Kier molecular flexibility index (Phi) is 5.01. The molecular weight excluding hydrogens is 280 g/mol. The van der Waals surface area contributed by atoms with Gasteiger partial charge in [0.2, 0.25) is 6.10 Å². The highest BCUT2D eigenvalue weighted by atomic mass is 16.6. The SMILES string of the molecule is C=C(C)C(OC(=O)Nc1ccc(C)c([N+](=O)[O-])c1)C(=O)O. The van der Waals surface area contributed by atoms with Crippen LogP contribution in [0.3, 0.4) is 0 Å². The van der Waals surface area contributed by atoms with Crippen molar-refractivity contribution in [3.8, 4) is 0 Å². The van der Waals surface area contributed by atoms with Crippen molar-refractivity contribution in [2.45, 2.75) is 20.0 Å². The number of amides is 1. The fourth-order valence-electron chi connectivity index (χ4n) is 1.50. The molecule has 0 aliphatic heterocycles. The van der Waals surface area contributed by atoms with Crippen LogP contribution in [0.1, 0.15) is 12.5 Å². The molecule has 0 bridgehead atoms. The van der Waals surface area contributed by atoms with Crippen molar-refractivity contribution >= 4 is 23.4 Å². The molecule has 0 aliphatic carbocycles. The van der Waals surface area contributed by atoms with E-state index in [1.54, 1.807) is 6.92 Å². The minimum absolute atomic E-state index is 0.128. The van der Waals surface area contributed by atoms with Crippen LogP contribution in [0.15, 0.2) is 30.4 Å². The lowest BCUT2D eigenvalue weighted by atomic mass is 10.2. The summed E-state index contributed by atoms with van der Waals surface area (Å²) in [4.78, 5) is 32.7. The highest BCUT2D eigenvalue weighted by Gasteiger charge is 2.23. The number of nitrogens with zero attached hydrogens (tertiary/aromatic N) is 1. The molecule has 1 unspecified atom stereocenters. The molecule has 1 aromatic carbocycles. The standard InChI is InChI=1S/C13H14N2O6/c1-7(2)11(12(16)17)21-13(18)14-9-5-4-8(3)10(6-9)15(19)20/h4-6,11H,1H2,2-3H3,(H,14,18)(H,16,17). The summed E-state index contributed by atoms with van der Waals surface area (Å²) in [5.74, 6) is -1.35. The number of anilines is 1. The Balaban J connectivity index is 2.84. The van der Waals surface area contributed by atoms with Crippen molar-refractivity contribution in [1.29, 1.82) is 0 Å². The first-order valence-electron chi connectivity index (χ1n) is 5.83. The molecule has 0 saturated heterocycles. The molecule has 21 heavy (non-hydrogen) atoms. The highest BCUT2D eigenvalue weighted by molar-refractivity contribution is 5.88. The first-order chi connectivity index (χ1) is 9.72. The molecule has 2 N–H and O–H groups in total. The molecule has 0 fully saturated rings. The molecule has 1 rings (SSSR count). The van der Waals surface area contributed by atoms with E-state index >= 15 is 0 Å². The van der Waals surface area contributed by atoms with Gasteiger partial charge in [-0.25, -0.2) is 9.59 Å². The highest BCUT2D eigenvalue weighted by Crippen LogP contribution is 2.22. The van der Waals surface area contributed by atoms with Crippen LogP contribution in [0.2, 0.25) is 0 Å². The number of nitrogens with one attached hydrogen (secondary N) is 1. The largest absolute Gasteiger partial charge is 0.478 e. The zero-order valence-corrected chi connectivity index (χ0v) is 11.5. The first kappa shape index (κ1) is 16.2. The van der Waals surface area contributed by atoms with Crippen LogP contribution in [0.25, 0.3) is 0 Å². The average molecular weight is 294 g/mol. The number of benzene rings is 1. The quantitative estimate of drug-likeness (QED) is 0.489. The minimum atomic E-state index is -1.48. The summed E-state index contributed by atoms with van der Waals surface area (Å²) in [7, 11) is 0. The van der Waals surface area contributed by atoms with E-state index in [1.807, 2.05) is 0 Å². The van der Waals surface area contributed by atoms with Crippen LogP contribution in [0, 0.1) is 17.0 Å². The Hall–Kier alpha value is -2.90. The van der Waals surface area contributed by atoms with Gasteiger partial charge >= 0.3 is 12.1 Å². The van der Waals surface area contributed by atoms with E-state index in [4.69, 9.17) is 5.11 Å². The maximum atomic E-state index is 11.6. The van der Waals surface area contributed by atoms with Gasteiger partial charge in [-0.15, -0.1) is 0 Å². The van der Waals surface area contributed by atoms with Gasteiger partial charge in [-0.1, -0.05) is 12.6 Å². The Morgan fingerprint density at radius 2 is 2.10 bits per heavy atom. The number of rotatable bonds is 5. The van der Waals surface area contributed by atoms with Gasteiger partial charge in [-0.3, -0.25) is 15.4 Å². The predicted molar refractivity (Wildman–Crippen MR) is 74.2 cm³/mol. The van der Waals surface area contributed by atoms with Gasteiger partial charge in [-0.2, -0.15) is 0 Å². The number of carboxylic acids is 1. The number of ether oxygens (including phenoxy) is 1. The van der Waals surface area contributed by atoms with E-state index in [-0.39, 0.29) is 16.9 Å². The van der Waals surface area contributed by atoms with E-state index in [2.05, 4.69) is 16.6 Å². The van der Waals surface area contributed by atoms with Crippen LogP contribution in [0.4, 0.5) is 16.2 Å². The Bertz CT molecular complexity index is 597. The number of carbonyl (C=O) groups is 2. The summed E-state index contributed by atoms with van der Waals surface area (Å²) in [6.45, 7) is 6.37. The van der Waals surface area contributed by atoms with Crippen molar-refractivity contribution in [2.75, 3.05) is 5.32 Å². The molecule has 8 heteroatoms. The number of aliphatic carboxylic acids is 1. The van der Waals surface area contributed by atoms with E-state index in [1.165, 1.54) is 19.1 Å². The number of hydrogen-bond donors (Lipinski definition) is 2. The van der Waals surface area contributed by atoms with E-state index < -0.39 is 23.1 Å². The lowest BCUT2D eigenvalue weighted by Crippen LogP contribution is -2.30. The van der Waals surface area contributed by atoms with E-state index in [0.717, 1.165) is 6.07 Å². The number of hydrogen-bond acceptors (Lipinski definition) is 5. The second-order valence-electron chi connectivity index (χ2n) is 4.35. The third kappa shape index (κ3) is 4.30. The molecule has 1 atom stereocenters. The molecule has 0 aliphatic rings. The number of aryl methyl sites for hydroxylation is 1. The Morgan fingerprint density at radius 1 is 1.48 bits per heavy atom. The molecule has 0 radical (unpaired) electrons. The molecule has 8 nitrogen and oxygen atoms in total. The van der Waals surface area contributed by atoms with Gasteiger partial charge in [0.15, 0.2) is 0 Å². The third-order valence-corrected chi connectivity index (χ3v) is 2.55. The summed E-state index contributed by atoms with van der Waals surface area (Å²) in [6.07, 6.45) is -2.52. The fraction of sp³-hybridized carbons (Fsp3) is 0.231. The fourth-order valence-corrected chi connectivity index (χ4v) is 1.50. The van der Waals surface area contributed by atoms with E-state index in [9.17, 15) is 19.7 Å². The van der Waals surface area contributed by atoms with Gasteiger partial charge in [0, 0.05) is 11.6 Å². The number of nitro benzene ring substituents is 1. The van der Waals surface area contributed by atoms with Crippen molar-refractivity contribution < 1.29 is 24.4 Å². The van der Waals surface area contributed by atoms with Gasteiger partial charge in [0.1, 0.15) is 0 Å². The number of carbonyl (C=O) groups excluding carboxylic acids is 1. The van der Waals surface area contributed by atoms with Crippen LogP contribution < -0.4 is 5.32 Å². The molecule has 112 valence electrons. The maximum Gasteiger partial charge on any atom is 0.412 e. The summed E-state index contributed by atoms with van der Waals surface area (Å²) in [5, 5.41) is 21.9. The van der Waals surface area contributed by atoms with Crippen LogP contribution >= 0.6 is 0 Å². The minimum Gasteiger partial charge on any atom is -0.478 e. The van der Waals surface area contributed by atoms with Gasteiger partial charge < -0.3 is 9.84 Å². The molecule has 1 aromatic rings. The summed E-state index contributed by atoms with van der Waals surface area (Å²) in [6, 6.07) is 4.06. The van der Waals surface area contributed by atoms with Crippen LogP contribution in [0.5, 0.6) is 0 Å². The second-order valence-corrected chi connectivity index (χ2v) is 4.35. The Labute approximate surface area is 120 Å². The number of nitro groups is 1. The Morgan fingerprint density at radius 3 is 2.57 bits per heavy atom. The average Bonchev–Trinajstić information content (AvgIpc) is 2.37. The lowest BCUT2D eigenvalue weighted by Gasteiger charge is -2.14. The van der Waals surface area contributed by atoms with E-state index in [0.29, 0.717) is 5.56 Å². The van der Waals surface area contributed by atoms with Crippen LogP contribution in [-0.2, 0) is 9.53 Å². The summed E-state index contributed by atoms with van der Waals surface area (Å²) >= 11 is 0. The lowest BCUT2D eigenvalue weighted by molar-refractivity contribution is -0.385. The zero-order chi connectivity index (χ0) is 16.2. The number of carboxylic acid groups (broad SMARTS) is 1. The van der Waals surface area contributed by atoms with Gasteiger partial charge in [-0.05, 0) is 25.5 Å². The van der Waals surface area contributed by atoms with Gasteiger partial charge in [0.25, 0.3) is 5.69 Å². The second kappa shape index (κ2) is 6.51. The van der Waals surface area contributed by atoms with Crippen LogP contribution in [-0.4, -0.2) is 28.2 Å². The molecule has 0 heterocycles. The first-order valence-corrected chi connectivity index (χ1v) is 5.83. The normalized spacial score (nSPS) is 11.3. The summed E-state index contributed by atoms with van der Waals surface area (Å²) in [5.41, 5.74) is 0.544. The zero-order valence-electron chi connectivity index (χ0n) is 11.5.